The summed E-state index contributed by atoms with van der Waals surface area (Å²) < 4.78 is 0. The first-order valence-electron chi connectivity index (χ1n) is 10.2. The lowest BCUT2D eigenvalue weighted by molar-refractivity contribution is 0.237. The Hall–Kier alpha value is -2.63. The standard InChI is InChI=1S/C23H23ClN4O/c24-15-8-9-18-19(14-15)26-23(25-10-13-28-11-4-1-5-12-28)21-20(18)16-6-2-3-7-17(16)22(21)27-29/h2-3,6-9,14,25-26H,1,4-5,10-13H2. The van der Waals surface area contributed by atoms with Gasteiger partial charge in [-0.2, -0.15) is 0 Å². The van der Waals surface area contributed by atoms with Crippen molar-refractivity contribution in [2.24, 2.45) is 5.18 Å². The first-order chi connectivity index (χ1) is 14.3. The highest BCUT2D eigenvalue weighted by Gasteiger charge is 2.25. The Morgan fingerprint density at radius 2 is 1.79 bits per heavy atom. The second-order valence-electron chi connectivity index (χ2n) is 7.75. The third kappa shape index (κ3) is 3.24. The van der Waals surface area contributed by atoms with Crippen LogP contribution >= 0.6 is 11.6 Å². The van der Waals surface area contributed by atoms with Crippen molar-refractivity contribution in [2.75, 3.05) is 31.5 Å². The van der Waals surface area contributed by atoms with E-state index >= 15 is 0 Å². The van der Waals surface area contributed by atoms with Crippen LogP contribution in [0.2, 0.25) is 5.02 Å². The predicted molar refractivity (Wildman–Crippen MR) is 122 cm³/mol. The zero-order chi connectivity index (χ0) is 19.8. The fourth-order valence-electron chi connectivity index (χ4n) is 4.60. The molecule has 2 aromatic rings. The number of aromatic amines is 1. The summed E-state index contributed by atoms with van der Waals surface area (Å²) in [5, 5.41) is 10.6. The summed E-state index contributed by atoms with van der Waals surface area (Å²) in [4.78, 5) is 17.8. The number of likely N-dealkylation sites (tertiary alicyclic amines) is 1. The van der Waals surface area contributed by atoms with Gasteiger partial charge in [-0.1, -0.05) is 48.4 Å². The Balaban J connectivity index is 1.63. The van der Waals surface area contributed by atoms with Crippen LogP contribution in [0.4, 0.5) is 11.5 Å². The van der Waals surface area contributed by atoms with Crippen molar-refractivity contribution in [1.82, 2.24) is 9.88 Å². The van der Waals surface area contributed by atoms with Crippen LogP contribution in [0.25, 0.3) is 32.8 Å². The average molecular weight is 407 g/mol. The summed E-state index contributed by atoms with van der Waals surface area (Å²) in [7, 11) is 0. The topological polar surface area (TPSA) is 60.5 Å². The van der Waals surface area contributed by atoms with Crippen LogP contribution in [-0.4, -0.2) is 36.1 Å². The maximum atomic E-state index is 11.8. The van der Waals surface area contributed by atoms with Gasteiger partial charge in [-0.3, -0.25) is 0 Å². The molecule has 1 fully saturated rings. The number of hydrogen-bond acceptors (Lipinski definition) is 4. The quantitative estimate of drug-likeness (QED) is 0.378. The zero-order valence-corrected chi connectivity index (χ0v) is 16.9. The molecule has 0 bridgehead atoms. The Labute approximate surface area is 174 Å². The number of piperidine rings is 1. The molecule has 2 heterocycles. The fourth-order valence-corrected chi connectivity index (χ4v) is 4.78. The summed E-state index contributed by atoms with van der Waals surface area (Å²) in [5.41, 5.74) is 3.33. The molecule has 6 heteroatoms. The van der Waals surface area contributed by atoms with Crippen molar-refractivity contribution in [3.8, 4) is 11.1 Å². The number of aromatic nitrogens is 1. The van der Waals surface area contributed by atoms with E-state index in [4.69, 9.17) is 11.6 Å². The van der Waals surface area contributed by atoms with Crippen molar-refractivity contribution in [3.63, 3.8) is 0 Å². The van der Waals surface area contributed by atoms with E-state index in [0.29, 0.717) is 10.7 Å². The van der Waals surface area contributed by atoms with Gasteiger partial charge in [0.1, 0.15) is 11.5 Å². The summed E-state index contributed by atoms with van der Waals surface area (Å²) in [6.45, 7) is 4.11. The lowest BCUT2D eigenvalue weighted by atomic mass is 10.0. The van der Waals surface area contributed by atoms with E-state index in [9.17, 15) is 4.91 Å². The molecule has 1 saturated heterocycles. The van der Waals surface area contributed by atoms with E-state index in [1.807, 2.05) is 36.4 Å². The Kier molecular flexibility index (Phi) is 4.86. The highest BCUT2D eigenvalue weighted by atomic mass is 35.5. The van der Waals surface area contributed by atoms with Gasteiger partial charge in [0, 0.05) is 40.0 Å². The van der Waals surface area contributed by atoms with Gasteiger partial charge in [-0.05, 0) is 48.6 Å². The fraction of sp³-hybridized carbons (Fsp3) is 0.304. The molecule has 2 aliphatic heterocycles. The molecule has 0 amide bonds. The highest BCUT2D eigenvalue weighted by Crippen LogP contribution is 2.50. The number of nitrogens with zero attached hydrogens (tertiary/aromatic N) is 2. The van der Waals surface area contributed by atoms with Crippen molar-refractivity contribution >= 4 is 44.8 Å². The molecule has 0 saturated carbocycles. The van der Waals surface area contributed by atoms with E-state index in [0.717, 1.165) is 64.8 Å². The molecule has 2 aromatic carbocycles. The average Bonchev–Trinajstić information content (AvgIpc) is 3.09. The normalized spacial score (nSPS) is 15.3. The number of rotatable bonds is 5. The first kappa shape index (κ1) is 18.4. The molecular weight excluding hydrogens is 384 g/mol. The van der Waals surface area contributed by atoms with Crippen molar-refractivity contribution in [1.29, 1.82) is 0 Å². The van der Waals surface area contributed by atoms with Gasteiger partial charge in [0.2, 0.25) is 0 Å². The number of halogens is 1. The van der Waals surface area contributed by atoms with Crippen LogP contribution < -0.4 is 5.32 Å². The van der Waals surface area contributed by atoms with E-state index in [1.54, 1.807) is 0 Å². The van der Waals surface area contributed by atoms with Gasteiger partial charge >= 0.3 is 0 Å². The molecule has 148 valence electrons. The van der Waals surface area contributed by atoms with Gasteiger partial charge in [0.05, 0.1) is 5.56 Å². The van der Waals surface area contributed by atoms with Crippen LogP contribution in [0, 0.1) is 4.91 Å². The molecule has 3 aliphatic rings. The number of anilines is 1. The minimum Gasteiger partial charge on any atom is -0.370 e. The number of nitroso groups, excluding NO2 is 1. The minimum atomic E-state index is 0.490. The Morgan fingerprint density at radius 1 is 1.00 bits per heavy atom. The number of H-pyrrole nitrogens is 1. The molecule has 0 radical (unpaired) electrons. The molecule has 5 nitrogen and oxygen atoms in total. The molecule has 0 unspecified atom stereocenters. The first-order valence-corrected chi connectivity index (χ1v) is 10.6. The van der Waals surface area contributed by atoms with E-state index in [2.05, 4.69) is 26.4 Å². The SMILES string of the molecule is O=Nc1c2c(NCCN3CCCCC3)[nH]c3cc(Cl)ccc3c-2c2ccccc12. The van der Waals surface area contributed by atoms with Crippen LogP contribution in [0.5, 0.6) is 0 Å². The number of pyridine rings is 1. The largest absolute Gasteiger partial charge is 0.370 e. The van der Waals surface area contributed by atoms with Crippen molar-refractivity contribution in [3.05, 3.63) is 52.4 Å². The minimum absolute atomic E-state index is 0.490. The second-order valence-corrected chi connectivity index (χ2v) is 8.19. The number of hydrogen-bond donors (Lipinski definition) is 2. The lowest BCUT2D eigenvalue weighted by Gasteiger charge is -2.26. The predicted octanol–water partition coefficient (Wildman–Crippen LogP) is 6.38. The lowest BCUT2D eigenvalue weighted by Crippen LogP contribution is -2.33. The van der Waals surface area contributed by atoms with Gasteiger partial charge < -0.3 is 15.2 Å². The summed E-state index contributed by atoms with van der Waals surface area (Å²) in [6.07, 6.45) is 3.88. The maximum absolute atomic E-state index is 11.8. The molecule has 0 aromatic heterocycles. The molecule has 29 heavy (non-hydrogen) atoms. The Bertz CT molecular complexity index is 1160. The molecule has 0 spiro atoms. The second kappa shape index (κ2) is 7.65. The zero-order valence-electron chi connectivity index (χ0n) is 16.2. The highest BCUT2D eigenvalue weighted by molar-refractivity contribution is 6.31. The van der Waals surface area contributed by atoms with Gasteiger partial charge in [0.25, 0.3) is 0 Å². The van der Waals surface area contributed by atoms with Gasteiger partial charge in [-0.25, -0.2) is 0 Å². The molecule has 5 rings (SSSR count). The van der Waals surface area contributed by atoms with E-state index < -0.39 is 0 Å². The third-order valence-corrected chi connectivity index (χ3v) is 6.20. The van der Waals surface area contributed by atoms with E-state index in [1.165, 1.54) is 19.3 Å². The van der Waals surface area contributed by atoms with Crippen LogP contribution in [-0.2, 0) is 0 Å². The summed E-state index contributed by atoms with van der Waals surface area (Å²) in [6, 6.07) is 13.8. The van der Waals surface area contributed by atoms with Gasteiger partial charge in [-0.15, -0.1) is 4.91 Å². The smallest absolute Gasteiger partial charge is 0.127 e. The molecule has 2 N–H and O–H groups in total. The van der Waals surface area contributed by atoms with Crippen LogP contribution in [0.1, 0.15) is 19.3 Å². The monoisotopic (exact) mass is 406 g/mol. The molecular formula is C23H23ClN4O. The van der Waals surface area contributed by atoms with Crippen LogP contribution in [0.3, 0.4) is 0 Å². The van der Waals surface area contributed by atoms with E-state index in [-0.39, 0.29) is 0 Å². The summed E-state index contributed by atoms with van der Waals surface area (Å²) >= 11 is 6.26. The third-order valence-electron chi connectivity index (χ3n) is 5.97. The molecule has 0 atom stereocenters. The van der Waals surface area contributed by atoms with Crippen molar-refractivity contribution < 1.29 is 0 Å². The van der Waals surface area contributed by atoms with Crippen molar-refractivity contribution in [2.45, 2.75) is 19.3 Å². The Morgan fingerprint density at radius 3 is 2.59 bits per heavy atom. The number of fused-ring (bicyclic) bond motifs is 5. The summed E-state index contributed by atoms with van der Waals surface area (Å²) in [5.74, 6) is 0.831. The number of benzene rings is 2. The number of nitrogens with one attached hydrogen (secondary N) is 2. The molecule has 1 aliphatic carbocycles. The van der Waals surface area contributed by atoms with Gasteiger partial charge in [0.15, 0.2) is 0 Å². The van der Waals surface area contributed by atoms with Crippen LogP contribution in [0.15, 0.2) is 47.6 Å². The maximum Gasteiger partial charge on any atom is 0.127 e.